The lowest BCUT2D eigenvalue weighted by atomic mass is 10.1. The number of nitrogens with one attached hydrogen (secondary N) is 1. The number of carbonyl (C=O) groups excluding carboxylic acids is 1. The highest BCUT2D eigenvalue weighted by Crippen LogP contribution is 2.37. The van der Waals surface area contributed by atoms with E-state index in [0.717, 1.165) is 0 Å². The molecule has 1 unspecified atom stereocenters. The number of rotatable bonds is 2. The molecule has 4 nitrogen and oxygen atoms in total. The molecule has 1 aliphatic rings. The molecule has 94 valence electrons. The fourth-order valence-electron chi connectivity index (χ4n) is 1.50. The molecule has 0 aromatic rings. The van der Waals surface area contributed by atoms with Gasteiger partial charge >= 0.3 is 0 Å². The van der Waals surface area contributed by atoms with Crippen LogP contribution in [-0.4, -0.2) is 32.9 Å². The van der Waals surface area contributed by atoms with Crippen LogP contribution in [-0.2, 0) is 9.22 Å². The fourth-order valence-corrected chi connectivity index (χ4v) is 2.87. The summed E-state index contributed by atoms with van der Waals surface area (Å²) in [6, 6.07) is -0.413. The van der Waals surface area contributed by atoms with Crippen LogP contribution in [0.5, 0.6) is 0 Å². The Bertz CT molecular complexity index is 274. The third kappa shape index (κ3) is 3.05. The normalized spacial score (nSPS) is 27.8. The zero-order valence-electron chi connectivity index (χ0n) is 11.0. The molecule has 0 aromatic heterocycles. The van der Waals surface area contributed by atoms with E-state index in [9.17, 15) is 4.79 Å². The Labute approximate surface area is 99.1 Å². The monoisotopic (exact) mass is 244 g/mol. The summed E-state index contributed by atoms with van der Waals surface area (Å²) in [5.41, 5.74) is 5.72. The van der Waals surface area contributed by atoms with E-state index in [1.165, 1.54) is 0 Å². The van der Waals surface area contributed by atoms with E-state index in [2.05, 4.69) is 39.2 Å². The van der Waals surface area contributed by atoms with Crippen LogP contribution in [0.25, 0.3) is 0 Å². The van der Waals surface area contributed by atoms with Gasteiger partial charge in [-0.15, -0.1) is 0 Å². The van der Waals surface area contributed by atoms with E-state index in [-0.39, 0.29) is 17.0 Å². The molecule has 16 heavy (non-hydrogen) atoms. The van der Waals surface area contributed by atoms with Crippen LogP contribution < -0.4 is 11.1 Å². The number of amides is 1. The van der Waals surface area contributed by atoms with Gasteiger partial charge < -0.3 is 15.5 Å². The molecule has 0 spiro atoms. The van der Waals surface area contributed by atoms with E-state index in [4.69, 9.17) is 10.2 Å². The van der Waals surface area contributed by atoms with Crippen LogP contribution in [0.15, 0.2) is 0 Å². The van der Waals surface area contributed by atoms with Crippen LogP contribution in [0.3, 0.4) is 0 Å². The summed E-state index contributed by atoms with van der Waals surface area (Å²) in [7, 11) is -1.75. The molecular formula is C11H24N2O2Si. The summed E-state index contributed by atoms with van der Waals surface area (Å²) in [5, 5.41) is 2.98. The minimum Gasteiger partial charge on any atom is -0.412 e. The molecule has 2 atom stereocenters. The van der Waals surface area contributed by atoms with Gasteiger partial charge in [-0.2, -0.15) is 0 Å². The van der Waals surface area contributed by atoms with Crippen molar-refractivity contribution in [2.75, 3.05) is 6.54 Å². The van der Waals surface area contributed by atoms with Gasteiger partial charge in [0.2, 0.25) is 5.91 Å². The summed E-state index contributed by atoms with van der Waals surface area (Å²) >= 11 is 0. The molecule has 1 fully saturated rings. The van der Waals surface area contributed by atoms with Crippen LogP contribution in [0, 0.1) is 0 Å². The number of piperidine rings is 1. The Morgan fingerprint density at radius 3 is 2.44 bits per heavy atom. The molecule has 0 saturated carbocycles. The zero-order chi connectivity index (χ0) is 12.6. The SMILES string of the molecule is CC(C)(C)[Si](C)(C)OC1CNC(=O)[C@@H](N)C1. The highest BCUT2D eigenvalue weighted by Gasteiger charge is 2.40. The molecule has 0 aliphatic carbocycles. The van der Waals surface area contributed by atoms with Crippen molar-refractivity contribution in [2.24, 2.45) is 5.73 Å². The summed E-state index contributed by atoms with van der Waals surface area (Å²) in [4.78, 5) is 11.2. The van der Waals surface area contributed by atoms with Gasteiger partial charge in [-0.05, 0) is 24.6 Å². The van der Waals surface area contributed by atoms with Crippen molar-refractivity contribution in [1.82, 2.24) is 5.32 Å². The average Bonchev–Trinajstić information content (AvgIpc) is 2.09. The largest absolute Gasteiger partial charge is 0.412 e. The van der Waals surface area contributed by atoms with Gasteiger partial charge in [0.25, 0.3) is 0 Å². The van der Waals surface area contributed by atoms with Crippen LogP contribution in [0.1, 0.15) is 27.2 Å². The second-order valence-electron chi connectivity index (χ2n) is 6.09. The van der Waals surface area contributed by atoms with Crippen molar-refractivity contribution in [1.29, 1.82) is 0 Å². The first-order chi connectivity index (χ1) is 7.13. The molecule has 1 saturated heterocycles. The molecular weight excluding hydrogens is 220 g/mol. The minimum atomic E-state index is -1.75. The van der Waals surface area contributed by atoms with Crippen molar-refractivity contribution in [3.8, 4) is 0 Å². The lowest BCUT2D eigenvalue weighted by molar-refractivity contribution is -0.125. The maximum absolute atomic E-state index is 11.2. The molecule has 5 heteroatoms. The molecule has 1 amide bonds. The van der Waals surface area contributed by atoms with Crippen LogP contribution >= 0.6 is 0 Å². The summed E-state index contributed by atoms with van der Waals surface area (Å²) in [6.07, 6.45) is 0.715. The van der Waals surface area contributed by atoms with E-state index in [1.807, 2.05) is 0 Å². The van der Waals surface area contributed by atoms with Gasteiger partial charge in [0.15, 0.2) is 8.32 Å². The number of nitrogens with two attached hydrogens (primary N) is 1. The lowest BCUT2D eigenvalue weighted by Gasteiger charge is -2.41. The summed E-state index contributed by atoms with van der Waals surface area (Å²) in [5.74, 6) is -0.0601. The van der Waals surface area contributed by atoms with Gasteiger partial charge in [0.1, 0.15) is 0 Å². The van der Waals surface area contributed by atoms with Gasteiger partial charge in [-0.3, -0.25) is 4.79 Å². The lowest BCUT2D eigenvalue weighted by Crippen LogP contribution is -2.55. The van der Waals surface area contributed by atoms with Crippen molar-refractivity contribution in [3.63, 3.8) is 0 Å². The van der Waals surface area contributed by atoms with E-state index >= 15 is 0 Å². The molecule has 3 N–H and O–H groups in total. The van der Waals surface area contributed by atoms with Gasteiger partial charge in [-0.25, -0.2) is 0 Å². The number of carbonyl (C=O) groups is 1. The van der Waals surface area contributed by atoms with E-state index < -0.39 is 14.4 Å². The second kappa shape index (κ2) is 4.47. The van der Waals surface area contributed by atoms with Crippen molar-refractivity contribution >= 4 is 14.2 Å². The molecule has 1 rings (SSSR count). The third-order valence-electron chi connectivity index (χ3n) is 3.63. The van der Waals surface area contributed by atoms with Crippen LogP contribution in [0.2, 0.25) is 18.1 Å². The Morgan fingerprint density at radius 2 is 2.00 bits per heavy atom. The maximum atomic E-state index is 11.2. The maximum Gasteiger partial charge on any atom is 0.237 e. The number of hydrogen-bond donors (Lipinski definition) is 2. The first-order valence-electron chi connectivity index (χ1n) is 5.84. The van der Waals surface area contributed by atoms with Crippen LogP contribution in [0.4, 0.5) is 0 Å². The summed E-state index contributed by atoms with van der Waals surface area (Å²) < 4.78 is 6.21. The molecule has 0 radical (unpaired) electrons. The molecule has 1 aliphatic heterocycles. The summed E-state index contributed by atoms with van der Waals surface area (Å²) in [6.45, 7) is 11.7. The smallest absolute Gasteiger partial charge is 0.237 e. The van der Waals surface area contributed by atoms with E-state index in [1.54, 1.807) is 0 Å². The molecule has 0 aromatic carbocycles. The quantitative estimate of drug-likeness (QED) is 0.718. The second-order valence-corrected chi connectivity index (χ2v) is 10.8. The van der Waals surface area contributed by atoms with Gasteiger partial charge in [0.05, 0.1) is 12.1 Å². The Balaban J connectivity index is 2.59. The highest BCUT2D eigenvalue weighted by molar-refractivity contribution is 6.74. The predicted octanol–water partition coefficient (Wildman–Crippen LogP) is 1.22. The Hall–Kier alpha value is -0.393. The first kappa shape index (κ1) is 13.7. The molecule has 1 heterocycles. The Kier molecular flexibility index (Phi) is 3.82. The van der Waals surface area contributed by atoms with E-state index in [0.29, 0.717) is 13.0 Å². The van der Waals surface area contributed by atoms with Crippen molar-refractivity contribution < 1.29 is 9.22 Å². The standard InChI is InChI=1S/C11H24N2O2Si/c1-11(2,3)16(4,5)15-8-6-9(12)10(14)13-7-8/h8-9H,6-7,12H2,1-5H3,(H,13,14)/t8?,9-/m0/s1. The average molecular weight is 244 g/mol. The minimum absolute atomic E-state index is 0.0601. The first-order valence-corrected chi connectivity index (χ1v) is 8.75. The fraction of sp³-hybridized carbons (Fsp3) is 0.909. The van der Waals surface area contributed by atoms with Gasteiger partial charge in [-0.1, -0.05) is 20.8 Å². The topological polar surface area (TPSA) is 64.3 Å². The highest BCUT2D eigenvalue weighted by atomic mass is 28.4. The van der Waals surface area contributed by atoms with Gasteiger partial charge in [0, 0.05) is 6.54 Å². The zero-order valence-corrected chi connectivity index (χ0v) is 12.0. The number of hydrogen-bond acceptors (Lipinski definition) is 3. The molecule has 0 bridgehead atoms. The predicted molar refractivity (Wildman–Crippen MR) is 67.7 cm³/mol. The Morgan fingerprint density at radius 1 is 1.44 bits per heavy atom. The van der Waals surface area contributed by atoms with Crippen molar-refractivity contribution in [2.45, 2.75) is 57.5 Å². The van der Waals surface area contributed by atoms with Crippen molar-refractivity contribution in [3.05, 3.63) is 0 Å². The third-order valence-corrected chi connectivity index (χ3v) is 8.16.